The molecule has 2 fully saturated rings. The summed E-state index contributed by atoms with van der Waals surface area (Å²) >= 11 is 0. The molecule has 104 valence electrons. The minimum Gasteiger partial charge on any atom is -0.472 e. The Morgan fingerprint density at radius 1 is 1.47 bits per heavy atom. The first-order chi connectivity index (χ1) is 9.22. The first-order valence-corrected chi connectivity index (χ1v) is 6.75. The van der Waals surface area contributed by atoms with Crippen LogP contribution in [-0.2, 0) is 4.74 Å². The number of ether oxygens (including phenoxy) is 1. The Kier molecular flexibility index (Phi) is 3.33. The molecule has 19 heavy (non-hydrogen) atoms. The van der Waals surface area contributed by atoms with Crippen molar-refractivity contribution in [2.24, 2.45) is 5.41 Å². The lowest BCUT2D eigenvalue weighted by Gasteiger charge is -2.48. The molecule has 1 spiro atoms. The Bertz CT molecular complexity index is 438. The average Bonchev–Trinajstić information content (AvgIpc) is 3.03. The molecule has 5 heteroatoms. The number of rotatable bonds is 4. The second kappa shape index (κ2) is 4.98. The predicted molar refractivity (Wildman–Crippen MR) is 70.0 cm³/mol. The molecule has 5 nitrogen and oxygen atoms in total. The van der Waals surface area contributed by atoms with Crippen molar-refractivity contribution < 1.29 is 13.9 Å². The molecule has 2 saturated heterocycles. The van der Waals surface area contributed by atoms with Gasteiger partial charge in [-0.3, -0.25) is 9.69 Å². The van der Waals surface area contributed by atoms with E-state index in [9.17, 15) is 4.79 Å². The molecule has 1 amide bonds. The summed E-state index contributed by atoms with van der Waals surface area (Å²) in [5, 5.41) is 0. The van der Waals surface area contributed by atoms with Gasteiger partial charge in [-0.2, -0.15) is 0 Å². The third kappa shape index (κ3) is 2.40. The van der Waals surface area contributed by atoms with Crippen LogP contribution in [0.4, 0.5) is 0 Å². The van der Waals surface area contributed by atoms with Crippen LogP contribution < -0.4 is 0 Å². The van der Waals surface area contributed by atoms with Gasteiger partial charge in [-0.05, 0) is 12.5 Å². The topological polar surface area (TPSA) is 45.9 Å². The molecule has 1 aromatic heterocycles. The highest BCUT2D eigenvalue weighted by Gasteiger charge is 2.48. The van der Waals surface area contributed by atoms with Crippen molar-refractivity contribution in [2.75, 3.05) is 46.4 Å². The number of likely N-dealkylation sites (tertiary alicyclic amines) is 2. The molecule has 0 bridgehead atoms. The molecule has 0 unspecified atom stereocenters. The maximum atomic E-state index is 12.2. The summed E-state index contributed by atoms with van der Waals surface area (Å²) < 4.78 is 10.1. The van der Waals surface area contributed by atoms with Gasteiger partial charge >= 0.3 is 0 Å². The largest absolute Gasteiger partial charge is 0.472 e. The lowest BCUT2D eigenvalue weighted by Crippen LogP contribution is -2.58. The normalized spacial score (nSPS) is 21.8. The van der Waals surface area contributed by atoms with Crippen LogP contribution in [0.2, 0.25) is 0 Å². The van der Waals surface area contributed by atoms with Gasteiger partial charge in [0, 0.05) is 45.2 Å². The van der Waals surface area contributed by atoms with Crippen molar-refractivity contribution in [1.29, 1.82) is 0 Å². The smallest absolute Gasteiger partial charge is 0.257 e. The third-order valence-electron chi connectivity index (χ3n) is 4.22. The maximum absolute atomic E-state index is 12.2. The van der Waals surface area contributed by atoms with E-state index in [0.717, 1.165) is 45.8 Å². The van der Waals surface area contributed by atoms with Gasteiger partial charge in [0.25, 0.3) is 5.91 Å². The minimum atomic E-state index is 0.0981. The molecular weight excluding hydrogens is 244 g/mol. The van der Waals surface area contributed by atoms with Gasteiger partial charge in [-0.25, -0.2) is 0 Å². The molecule has 0 radical (unpaired) electrons. The van der Waals surface area contributed by atoms with Crippen molar-refractivity contribution in [3.8, 4) is 0 Å². The molecule has 0 saturated carbocycles. The molecule has 2 aliphatic rings. The zero-order valence-corrected chi connectivity index (χ0v) is 11.3. The Morgan fingerprint density at radius 3 is 3.00 bits per heavy atom. The molecule has 2 aliphatic heterocycles. The molecule has 3 rings (SSSR count). The highest BCUT2D eigenvalue weighted by Crippen LogP contribution is 2.39. The zero-order chi connectivity index (χ0) is 13.3. The number of hydrogen-bond acceptors (Lipinski definition) is 4. The van der Waals surface area contributed by atoms with Crippen LogP contribution in [0.15, 0.2) is 23.0 Å². The van der Waals surface area contributed by atoms with Gasteiger partial charge in [-0.15, -0.1) is 0 Å². The van der Waals surface area contributed by atoms with Gasteiger partial charge in [0.1, 0.15) is 6.26 Å². The summed E-state index contributed by atoms with van der Waals surface area (Å²) in [6, 6.07) is 1.74. The van der Waals surface area contributed by atoms with Crippen molar-refractivity contribution in [3.63, 3.8) is 0 Å². The molecule has 0 aliphatic carbocycles. The van der Waals surface area contributed by atoms with Crippen molar-refractivity contribution in [1.82, 2.24) is 9.80 Å². The maximum Gasteiger partial charge on any atom is 0.257 e. The minimum absolute atomic E-state index is 0.0981. The molecule has 3 heterocycles. The highest BCUT2D eigenvalue weighted by molar-refractivity contribution is 5.94. The second-order valence-electron chi connectivity index (χ2n) is 5.69. The molecular formula is C14H20N2O3. The summed E-state index contributed by atoms with van der Waals surface area (Å²) in [6.07, 6.45) is 4.19. The summed E-state index contributed by atoms with van der Waals surface area (Å²) in [5.74, 6) is 0.0981. The van der Waals surface area contributed by atoms with E-state index in [1.165, 1.54) is 6.26 Å². The first-order valence-electron chi connectivity index (χ1n) is 6.75. The van der Waals surface area contributed by atoms with Crippen LogP contribution >= 0.6 is 0 Å². The lowest BCUT2D eigenvalue weighted by atomic mass is 9.79. The van der Waals surface area contributed by atoms with Crippen molar-refractivity contribution in [3.05, 3.63) is 24.2 Å². The number of carbonyl (C=O) groups is 1. The van der Waals surface area contributed by atoms with Crippen molar-refractivity contribution in [2.45, 2.75) is 6.42 Å². The Balaban J connectivity index is 1.53. The fraction of sp³-hybridized carbons (Fsp3) is 0.643. The van der Waals surface area contributed by atoms with E-state index in [1.807, 2.05) is 4.90 Å². The van der Waals surface area contributed by atoms with Crippen LogP contribution in [0.1, 0.15) is 16.8 Å². The number of nitrogens with zero attached hydrogens (tertiary/aromatic N) is 2. The monoisotopic (exact) mass is 264 g/mol. The predicted octanol–water partition coefficient (Wildman–Crippen LogP) is 1.07. The van der Waals surface area contributed by atoms with E-state index in [1.54, 1.807) is 19.4 Å². The summed E-state index contributed by atoms with van der Waals surface area (Å²) in [5.41, 5.74) is 0.986. The highest BCUT2D eigenvalue weighted by atomic mass is 16.5. The van der Waals surface area contributed by atoms with Gasteiger partial charge in [-0.1, -0.05) is 0 Å². The first kappa shape index (κ1) is 12.7. The Morgan fingerprint density at radius 2 is 2.32 bits per heavy atom. The van der Waals surface area contributed by atoms with Crippen molar-refractivity contribution >= 4 is 5.91 Å². The third-order valence-corrected chi connectivity index (χ3v) is 4.22. The van der Waals surface area contributed by atoms with E-state index >= 15 is 0 Å². The second-order valence-corrected chi connectivity index (χ2v) is 5.69. The Hall–Kier alpha value is -1.33. The van der Waals surface area contributed by atoms with Gasteiger partial charge in [0.05, 0.1) is 18.4 Å². The molecule has 0 atom stereocenters. The van der Waals surface area contributed by atoms with Crippen LogP contribution in [0, 0.1) is 5.41 Å². The van der Waals surface area contributed by atoms with E-state index in [2.05, 4.69) is 4.90 Å². The lowest BCUT2D eigenvalue weighted by molar-refractivity contribution is -0.00596. The van der Waals surface area contributed by atoms with Gasteiger partial charge < -0.3 is 14.1 Å². The number of amides is 1. The van der Waals surface area contributed by atoms with E-state index < -0.39 is 0 Å². The summed E-state index contributed by atoms with van der Waals surface area (Å²) in [4.78, 5) is 16.6. The van der Waals surface area contributed by atoms with Gasteiger partial charge in [0.15, 0.2) is 0 Å². The molecule has 0 N–H and O–H groups in total. The summed E-state index contributed by atoms with van der Waals surface area (Å²) in [6.45, 7) is 5.70. The number of furan rings is 1. The zero-order valence-electron chi connectivity index (χ0n) is 11.3. The van der Waals surface area contributed by atoms with E-state index in [0.29, 0.717) is 11.0 Å². The number of hydrogen-bond donors (Lipinski definition) is 0. The number of methoxy groups -OCH3 is 1. The fourth-order valence-electron chi connectivity index (χ4n) is 3.22. The summed E-state index contributed by atoms with van der Waals surface area (Å²) in [7, 11) is 1.73. The van der Waals surface area contributed by atoms with Crippen LogP contribution in [0.3, 0.4) is 0 Å². The van der Waals surface area contributed by atoms with Gasteiger partial charge in [0.2, 0.25) is 0 Å². The van der Waals surface area contributed by atoms with E-state index in [4.69, 9.17) is 9.15 Å². The van der Waals surface area contributed by atoms with Crippen LogP contribution in [0.25, 0.3) is 0 Å². The fourth-order valence-corrected chi connectivity index (χ4v) is 3.22. The quantitative estimate of drug-likeness (QED) is 0.816. The average molecular weight is 264 g/mol. The SMILES string of the molecule is COCCN1CC2(CCN(C(=O)c3ccoc3)C2)C1. The Labute approximate surface area is 113 Å². The molecule has 1 aromatic rings. The van der Waals surface area contributed by atoms with E-state index in [-0.39, 0.29) is 5.91 Å². The number of carbonyl (C=O) groups excluding carboxylic acids is 1. The van der Waals surface area contributed by atoms with Crippen LogP contribution in [0.5, 0.6) is 0 Å². The standard InChI is InChI=1S/C14H20N2O3/c1-18-7-5-15-9-14(10-15)3-4-16(11-14)13(17)12-2-6-19-8-12/h2,6,8H,3-5,7,9-11H2,1H3. The van der Waals surface area contributed by atoms with Crippen LogP contribution in [-0.4, -0.2) is 62.1 Å². The molecule has 0 aromatic carbocycles.